The van der Waals surface area contributed by atoms with Gasteiger partial charge in [-0.1, -0.05) is 29.3 Å². The molecule has 0 saturated heterocycles. The van der Waals surface area contributed by atoms with E-state index in [1.165, 1.54) is 12.1 Å². The molecule has 0 aliphatic rings. The number of hydrogen-bond acceptors (Lipinski definition) is 4. The molecule has 4 nitrogen and oxygen atoms in total. The van der Waals surface area contributed by atoms with Crippen molar-refractivity contribution in [3.8, 4) is 0 Å². The van der Waals surface area contributed by atoms with Gasteiger partial charge in [-0.15, -0.1) is 0 Å². The quantitative estimate of drug-likeness (QED) is 0.661. The monoisotopic (exact) mass is 348 g/mol. The zero-order valence-electron chi connectivity index (χ0n) is 11.7. The maximum Gasteiger partial charge on any atom is 0.229 e. The van der Waals surface area contributed by atoms with Gasteiger partial charge >= 0.3 is 0 Å². The van der Waals surface area contributed by atoms with Crippen LogP contribution in [0.4, 0.5) is 27.5 Å². The molecule has 0 atom stereocenters. The van der Waals surface area contributed by atoms with Gasteiger partial charge in [-0.05, 0) is 42.5 Å². The third-order valence-electron chi connectivity index (χ3n) is 2.97. The molecule has 116 valence electrons. The molecular formula is C16H11Cl2FN4. The highest BCUT2D eigenvalue weighted by atomic mass is 35.5. The first-order chi connectivity index (χ1) is 11.1. The van der Waals surface area contributed by atoms with E-state index < -0.39 is 0 Å². The number of halogens is 3. The van der Waals surface area contributed by atoms with E-state index in [2.05, 4.69) is 20.6 Å². The van der Waals surface area contributed by atoms with Gasteiger partial charge in [0.25, 0.3) is 0 Å². The van der Waals surface area contributed by atoms with Gasteiger partial charge in [0, 0.05) is 11.9 Å². The van der Waals surface area contributed by atoms with E-state index in [1.54, 1.807) is 42.6 Å². The zero-order chi connectivity index (χ0) is 16.2. The average molecular weight is 349 g/mol. The smallest absolute Gasteiger partial charge is 0.229 e. The molecule has 0 saturated carbocycles. The minimum Gasteiger partial charge on any atom is -0.339 e. The third-order valence-corrected chi connectivity index (χ3v) is 3.79. The maximum atomic E-state index is 12.9. The lowest BCUT2D eigenvalue weighted by atomic mass is 10.3. The van der Waals surface area contributed by atoms with Crippen molar-refractivity contribution >= 4 is 46.3 Å². The Labute approximate surface area is 142 Å². The summed E-state index contributed by atoms with van der Waals surface area (Å²) >= 11 is 12.1. The Morgan fingerprint density at radius 2 is 1.70 bits per heavy atom. The van der Waals surface area contributed by atoms with Gasteiger partial charge in [-0.25, -0.2) is 9.37 Å². The second kappa shape index (κ2) is 6.81. The number of anilines is 4. The van der Waals surface area contributed by atoms with Gasteiger partial charge in [0.1, 0.15) is 11.6 Å². The summed E-state index contributed by atoms with van der Waals surface area (Å²) in [6.45, 7) is 0. The van der Waals surface area contributed by atoms with Gasteiger partial charge < -0.3 is 10.6 Å². The predicted molar refractivity (Wildman–Crippen MR) is 91.5 cm³/mol. The third kappa shape index (κ3) is 3.88. The van der Waals surface area contributed by atoms with Gasteiger partial charge in [0.2, 0.25) is 5.95 Å². The van der Waals surface area contributed by atoms with Crippen LogP contribution in [-0.2, 0) is 0 Å². The average Bonchev–Trinajstić information content (AvgIpc) is 2.54. The summed E-state index contributed by atoms with van der Waals surface area (Å²) in [6.07, 6.45) is 1.60. The number of nitrogens with zero attached hydrogens (tertiary/aromatic N) is 2. The van der Waals surface area contributed by atoms with E-state index in [0.717, 1.165) is 0 Å². The van der Waals surface area contributed by atoms with Crippen LogP contribution >= 0.6 is 23.2 Å². The Bertz CT molecular complexity index is 825. The normalized spacial score (nSPS) is 10.4. The summed E-state index contributed by atoms with van der Waals surface area (Å²) in [5.41, 5.74) is 1.33. The van der Waals surface area contributed by atoms with Crippen molar-refractivity contribution in [2.45, 2.75) is 0 Å². The van der Waals surface area contributed by atoms with E-state index in [-0.39, 0.29) is 5.82 Å². The molecule has 23 heavy (non-hydrogen) atoms. The molecule has 0 unspecified atom stereocenters. The number of benzene rings is 2. The minimum absolute atomic E-state index is 0.303. The molecule has 0 aliphatic heterocycles. The Morgan fingerprint density at radius 1 is 0.913 bits per heavy atom. The highest BCUT2D eigenvalue weighted by molar-refractivity contribution is 6.43. The zero-order valence-corrected chi connectivity index (χ0v) is 13.2. The number of hydrogen-bond donors (Lipinski definition) is 2. The summed E-state index contributed by atoms with van der Waals surface area (Å²) in [6, 6.07) is 12.9. The van der Waals surface area contributed by atoms with Crippen molar-refractivity contribution in [3.05, 3.63) is 70.6 Å². The van der Waals surface area contributed by atoms with Gasteiger partial charge in [-0.3, -0.25) is 0 Å². The van der Waals surface area contributed by atoms with Crippen LogP contribution in [0.2, 0.25) is 10.0 Å². The van der Waals surface area contributed by atoms with Crippen molar-refractivity contribution in [1.82, 2.24) is 9.97 Å². The molecule has 1 heterocycles. The van der Waals surface area contributed by atoms with Crippen LogP contribution in [0.25, 0.3) is 0 Å². The summed E-state index contributed by atoms with van der Waals surface area (Å²) in [5.74, 6) is 0.621. The second-order valence-corrected chi connectivity index (χ2v) is 5.41. The van der Waals surface area contributed by atoms with E-state index in [4.69, 9.17) is 23.2 Å². The largest absolute Gasteiger partial charge is 0.339 e. The standard InChI is InChI=1S/C16H11Cl2FN4/c17-12-2-1-3-13(15(12)18)22-14-8-9-20-16(23-14)21-11-6-4-10(19)5-7-11/h1-9H,(H2,20,21,22,23). The first kappa shape index (κ1) is 15.5. The van der Waals surface area contributed by atoms with Crippen molar-refractivity contribution in [2.24, 2.45) is 0 Å². The molecule has 7 heteroatoms. The van der Waals surface area contributed by atoms with Crippen LogP contribution in [0.3, 0.4) is 0 Å². The fourth-order valence-electron chi connectivity index (χ4n) is 1.89. The van der Waals surface area contributed by atoms with Crippen molar-refractivity contribution in [3.63, 3.8) is 0 Å². The highest BCUT2D eigenvalue weighted by Crippen LogP contribution is 2.31. The molecule has 0 bridgehead atoms. The Morgan fingerprint density at radius 3 is 2.48 bits per heavy atom. The van der Waals surface area contributed by atoms with Crippen LogP contribution < -0.4 is 10.6 Å². The molecule has 2 N–H and O–H groups in total. The summed E-state index contributed by atoms with van der Waals surface area (Å²) in [7, 11) is 0. The van der Waals surface area contributed by atoms with E-state index in [0.29, 0.717) is 33.2 Å². The molecule has 0 aliphatic carbocycles. The Kier molecular flexibility index (Phi) is 4.60. The van der Waals surface area contributed by atoms with Crippen LogP contribution in [-0.4, -0.2) is 9.97 Å². The van der Waals surface area contributed by atoms with Crippen LogP contribution in [0.15, 0.2) is 54.7 Å². The lowest BCUT2D eigenvalue weighted by Crippen LogP contribution is -2.00. The van der Waals surface area contributed by atoms with Crippen LogP contribution in [0.1, 0.15) is 0 Å². The Hall–Kier alpha value is -2.37. The minimum atomic E-state index is -0.303. The molecular weight excluding hydrogens is 338 g/mol. The van der Waals surface area contributed by atoms with Gasteiger partial charge in [0.15, 0.2) is 0 Å². The van der Waals surface area contributed by atoms with Crippen molar-refractivity contribution in [1.29, 1.82) is 0 Å². The number of rotatable bonds is 4. The molecule has 2 aromatic carbocycles. The molecule has 0 amide bonds. The first-order valence-electron chi connectivity index (χ1n) is 6.68. The SMILES string of the molecule is Fc1ccc(Nc2nccc(Nc3cccc(Cl)c3Cl)n2)cc1. The van der Waals surface area contributed by atoms with E-state index in [1.807, 2.05) is 0 Å². The van der Waals surface area contributed by atoms with Crippen LogP contribution in [0, 0.1) is 5.82 Å². The summed E-state index contributed by atoms with van der Waals surface area (Å²) in [5, 5.41) is 6.95. The fourth-order valence-corrected chi connectivity index (χ4v) is 2.24. The topological polar surface area (TPSA) is 49.8 Å². The Balaban J connectivity index is 1.79. The van der Waals surface area contributed by atoms with Crippen molar-refractivity contribution < 1.29 is 4.39 Å². The molecule has 0 radical (unpaired) electrons. The lowest BCUT2D eigenvalue weighted by molar-refractivity contribution is 0.628. The number of nitrogens with one attached hydrogen (secondary N) is 2. The second-order valence-electron chi connectivity index (χ2n) is 4.62. The molecule has 3 rings (SSSR count). The summed E-state index contributed by atoms with van der Waals surface area (Å²) in [4.78, 5) is 8.45. The molecule has 3 aromatic rings. The van der Waals surface area contributed by atoms with Crippen LogP contribution in [0.5, 0.6) is 0 Å². The fraction of sp³-hybridized carbons (Fsp3) is 0. The molecule has 0 spiro atoms. The van der Waals surface area contributed by atoms with Gasteiger partial charge in [-0.2, -0.15) is 4.98 Å². The summed E-state index contributed by atoms with van der Waals surface area (Å²) < 4.78 is 12.9. The first-order valence-corrected chi connectivity index (χ1v) is 7.44. The molecule has 0 fully saturated rings. The van der Waals surface area contributed by atoms with E-state index >= 15 is 0 Å². The lowest BCUT2D eigenvalue weighted by Gasteiger charge is -2.10. The highest BCUT2D eigenvalue weighted by Gasteiger charge is 2.06. The molecule has 1 aromatic heterocycles. The van der Waals surface area contributed by atoms with Gasteiger partial charge in [0.05, 0.1) is 15.7 Å². The van der Waals surface area contributed by atoms with E-state index in [9.17, 15) is 4.39 Å². The number of aromatic nitrogens is 2. The van der Waals surface area contributed by atoms with Crippen molar-refractivity contribution in [2.75, 3.05) is 10.6 Å². The maximum absolute atomic E-state index is 12.9. The predicted octanol–water partition coefficient (Wildman–Crippen LogP) is 5.41.